The Morgan fingerprint density at radius 1 is 0.976 bits per heavy atom. The summed E-state index contributed by atoms with van der Waals surface area (Å²) in [6.45, 7) is 7.31. The molecule has 8 rings (SSSR count). The fourth-order valence-electron chi connectivity index (χ4n) is 8.68. The standard InChI is InChI=1S/C32H32N4O4S2/c1-17-14-24-30(41-17)25(18-6-4-3-5-7-18)26-20-16-21(29(26)42-24)28-27(20)31(37)35(32(28)38)19-8-9-22(23(15-19)36(39)40)34-12-10-33(2)11-13-34/h3-9,15,20-21,25-29H,1,10-14,16H2,2H3/t20-,21-,25-,26-,27+,28-,29-/m1/s1. The van der Waals surface area contributed by atoms with Crippen LogP contribution in [0.15, 0.2) is 69.8 Å². The van der Waals surface area contributed by atoms with Crippen LogP contribution in [-0.2, 0) is 9.59 Å². The van der Waals surface area contributed by atoms with Gasteiger partial charge in [0.25, 0.3) is 5.69 Å². The third kappa shape index (κ3) is 3.80. The summed E-state index contributed by atoms with van der Waals surface area (Å²) in [6, 6.07) is 15.5. The Labute approximate surface area is 253 Å². The Bertz CT molecular complexity index is 1570. The zero-order valence-electron chi connectivity index (χ0n) is 23.3. The summed E-state index contributed by atoms with van der Waals surface area (Å²) in [5.74, 6) is -0.397. The van der Waals surface area contributed by atoms with Crippen molar-refractivity contribution in [1.82, 2.24) is 4.90 Å². The van der Waals surface area contributed by atoms with Crippen LogP contribution in [0.1, 0.15) is 24.3 Å². The van der Waals surface area contributed by atoms with Gasteiger partial charge in [-0.3, -0.25) is 19.7 Å². The third-order valence-corrected chi connectivity index (χ3v) is 13.3. The number of piperazine rings is 1. The molecular formula is C32H32N4O4S2. The minimum absolute atomic E-state index is 0.0519. The number of imide groups is 1. The molecule has 2 aromatic carbocycles. The Hall–Kier alpha value is -3.08. The topological polar surface area (TPSA) is 87.0 Å². The molecule has 7 atom stereocenters. The molecule has 2 aromatic rings. The molecule has 2 bridgehead atoms. The van der Waals surface area contributed by atoms with E-state index in [1.54, 1.807) is 23.9 Å². The lowest BCUT2D eigenvalue weighted by Crippen LogP contribution is -2.44. The molecule has 0 N–H and O–H groups in total. The number of nitro benzene ring substituents is 1. The van der Waals surface area contributed by atoms with E-state index in [0.717, 1.165) is 25.9 Å². The maximum absolute atomic E-state index is 14.2. The van der Waals surface area contributed by atoms with E-state index in [1.807, 2.05) is 29.8 Å². The zero-order valence-corrected chi connectivity index (χ0v) is 25.0. The molecule has 2 saturated carbocycles. The summed E-state index contributed by atoms with van der Waals surface area (Å²) >= 11 is 3.73. The summed E-state index contributed by atoms with van der Waals surface area (Å²) in [5, 5.41) is 12.5. The van der Waals surface area contributed by atoms with Crippen LogP contribution in [0.5, 0.6) is 0 Å². The molecular weight excluding hydrogens is 569 g/mol. The van der Waals surface area contributed by atoms with E-state index >= 15 is 0 Å². The van der Waals surface area contributed by atoms with Crippen LogP contribution in [0.2, 0.25) is 0 Å². The number of anilines is 2. The van der Waals surface area contributed by atoms with E-state index in [1.165, 1.54) is 31.2 Å². The first kappa shape index (κ1) is 26.5. The smallest absolute Gasteiger partial charge is 0.294 e. The highest BCUT2D eigenvalue weighted by Crippen LogP contribution is 2.71. The molecule has 6 aliphatic rings. The fraction of sp³-hybridized carbons (Fsp3) is 0.438. The third-order valence-electron chi connectivity index (χ3n) is 10.4. The Kier molecular flexibility index (Phi) is 6.14. The van der Waals surface area contributed by atoms with E-state index in [-0.39, 0.29) is 63.2 Å². The van der Waals surface area contributed by atoms with Crippen LogP contribution in [0.25, 0.3) is 0 Å². The molecule has 0 spiro atoms. The molecule has 4 heterocycles. The average molecular weight is 601 g/mol. The van der Waals surface area contributed by atoms with Crippen molar-refractivity contribution in [2.24, 2.45) is 29.6 Å². The second-order valence-corrected chi connectivity index (χ2v) is 15.0. The highest BCUT2D eigenvalue weighted by molar-refractivity contribution is 8.10. The molecule has 8 nitrogen and oxygen atoms in total. The lowest BCUT2D eigenvalue weighted by Gasteiger charge is -2.44. The normalized spacial score (nSPS) is 33.8. The van der Waals surface area contributed by atoms with Gasteiger partial charge in [0, 0.05) is 59.6 Å². The maximum atomic E-state index is 14.2. The van der Waals surface area contributed by atoms with Gasteiger partial charge in [-0.1, -0.05) is 48.7 Å². The van der Waals surface area contributed by atoms with Gasteiger partial charge in [-0.15, -0.1) is 11.8 Å². The number of amides is 2. The predicted molar refractivity (Wildman–Crippen MR) is 166 cm³/mol. The van der Waals surface area contributed by atoms with Gasteiger partial charge >= 0.3 is 0 Å². The zero-order chi connectivity index (χ0) is 28.9. The van der Waals surface area contributed by atoms with Crippen molar-refractivity contribution in [2.75, 3.05) is 43.0 Å². The van der Waals surface area contributed by atoms with E-state index in [9.17, 15) is 19.7 Å². The number of thioether (sulfide) groups is 2. The Morgan fingerprint density at radius 3 is 2.40 bits per heavy atom. The minimum atomic E-state index is -0.388. The summed E-state index contributed by atoms with van der Waals surface area (Å²) in [6.07, 6.45) is 1.77. The first-order valence-electron chi connectivity index (χ1n) is 14.7. The van der Waals surface area contributed by atoms with Crippen LogP contribution in [0.3, 0.4) is 0 Å². The highest BCUT2D eigenvalue weighted by atomic mass is 32.2. The van der Waals surface area contributed by atoms with Crippen molar-refractivity contribution in [2.45, 2.75) is 24.0 Å². The molecule has 0 radical (unpaired) electrons. The van der Waals surface area contributed by atoms with Gasteiger partial charge in [-0.05, 0) is 53.8 Å². The number of fused-ring (bicyclic) bond motifs is 8. The lowest BCUT2D eigenvalue weighted by molar-refractivity contribution is -0.384. The highest BCUT2D eigenvalue weighted by Gasteiger charge is 2.69. The van der Waals surface area contributed by atoms with Crippen LogP contribution < -0.4 is 9.80 Å². The molecule has 216 valence electrons. The van der Waals surface area contributed by atoms with Gasteiger partial charge < -0.3 is 9.80 Å². The number of benzene rings is 2. The minimum Gasteiger partial charge on any atom is -0.363 e. The first-order valence-corrected chi connectivity index (χ1v) is 16.4. The van der Waals surface area contributed by atoms with E-state index < -0.39 is 0 Å². The molecule has 4 aliphatic heterocycles. The molecule has 0 unspecified atom stereocenters. The number of likely N-dealkylation sites (N-methyl/N-ethyl adjacent to an activating group) is 1. The number of hydrogen-bond donors (Lipinski definition) is 0. The lowest BCUT2D eigenvalue weighted by atomic mass is 9.68. The van der Waals surface area contributed by atoms with Gasteiger partial charge in [0.1, 0.15) is 5.69 Å². The number of nitro groups is 1. The van der Waals surface area contributed by atoms with Crippen molar-refractivity contribution in [3.05, 3.63) is 85.5 Å². The van der Waals surface area contributed by atoms with Crippen molar-refractivity contribution in [1.29, 1.82) is 0 Å². The number of allylic oxidation sites excluding steroid dienone is 3. The summed E-state index contributed by atoms with van der Waals surface area (Å²) in [7, 11) is 2.04. The van der Waals surface area contributed by atoms with Crippen molar-refractivity contribution in [3.63, 3.8) is 0 Å². The molecule has 2 amide bonds. The summed E-state index contributed by atoms with van der Waals surface area (Å²) < 4.78 is 0. The Balaban J connectivity index is 1.14. The molecule has 2 saturated heterocycles. The van der Waals surface area contributed by atoms with Gasteiger partial charge in [-0.25, -0.2) is 4.90 Å². The predicted octanol–water partition coefficient (Wildman–Crippen LogP) is 5.48. The second kappa shape index (κ2) is 9.72. The van der Waals surface area contributed by atoms with Crippen LogP contribution in [0, 0.1) is 39.7 Å². The number of rotatable bonds is 4. The number of carbonyl (C=O) groups is 2. The van der Waals surface area contributed by atoms with Gasteiger partial charge in [0.05, 0.1) is 22.4 Å². The largest absolute Gasteiger partial charge is 0.363 e. The van der Waals surface area contributed by atoms with Crippen molar-refractivity contribution < 1.29 is 14.5 Å². The molecule has 0 aromatic heterocycles. The molecule has 4 fully saturated rings. The van der Waals surface area contributed by atoms with Crippen LogP contribution in [0.4, 0.5) is 17.1 Å². The SMILES string of the molecule is C=C1CC2=C(S1)[C@H](c1ccccc1)[C@H]1[C@H]3C[C@@H]([C@H]1S2)[C@H]1C(=O)N(c2ccc(N4CCN(C)CC4)c([N+](=O)[O-])c2)C(=O)[C@@H]31. The molecule has 2 aliphatic carbocycles. The van der Waals surface area contributed by atoms with Crippen LogP contribution in [-0.4, -0.2) is 60.1 Å². The van der Waals surface area contributed by atoms with Gasteiger partial charge in [0.15, 0.2) is 0 Å². The first-order chi connectivity index (χ1) is 20.3. The summed E-state index contributed by atoms with van der Waals surface area (Å²) in [4.78, 5) is 49.5. The quantitative estimate of drug-likeness (QED) is 0.259. The molecule has 10 heteroatoms. The molecule has 42 heavy (non-hydrogen) atoms. The van der Waals surface area contributed by atoms with Gasteiger partial charge in [-0.2, -0.15) is 0 Å². The Morgan fingerprint density at radius 2 is 1.69 bits per heavy atom. The average Bonchev–Trinajstić information content (AvgIpc) is 3.72. The number of hydrogen-bond acceptors (Lipinski definition) is 8. The maximum Gasteiger partial charge on any atom is 0.294 e. The van der Waals surface area contributed by atoms with Crippen molar-refractivity contribution >= 4 is 52.4 Å². The summed E-state index contributed by atoms with van der Waals surface area (Å²) in [5.41, 5.74) is 2.09. The number of nitrogens with zero attached hydrogens (tertiary/aromatic N) is 4. The van der Waals surface area contributed by atoms with Crippen LogP contribution >= 0.6 is 23.5 Å². The van der Waals surface area contributed by atoms with E-state index in [0.29, 0.717) is 24.5 Å². The van der Waals surface area contributed by atoms with E-state index in [4.69, 9.17) is 0 Å². The number of carbonyl (C=O) groups excluding carboxylic acids is 2. The van der Waals surface area contributed by atoms with Crippen molar-refractivity contribution in [3.8, 4) is 0 Å². The fourth-order valence-corrected chi connectivity index (χ4v) is 12.0. The van der Waals surface area contributed by atoms with E-state index in [2.05, 4.69) is 35.7 Å². The second-order valence-electron chi connectivity index (χ2n) is 12.5. The monoisotopic (exact) mass is 600 g/mol. The van der Waals surface area contributed by atoms with Gasteiger partial charge in [0.2, 0.25) is 11.8 Å².